The Balaban J connectivity index is 1.80. The van der Waals surface area contributed by atoms with Gasteiger partial charge in [-0.05, 0) is 30.0 Å². The minimum absolute atomic E-state index is 0.0161. The molecule has 2 N–H and O–H groups in total. The van der Waals surface area contributed by atoms with Gasteiger partial charge in [-0.1, -0.05) is 54.6 Å². The molecule has 0 spiro atoms. The summed E-state index contributed by atoms with van der Waals surface area (Å²) in [5, 5.41) is 4.31. The molecule has 0 aliphatic carbocycles. The molecular formula is C21H22N4O. The maximum Gasteiger partial charge on any atom is 0.260 e. The van der Waals surface area contributed by atoms with Gasteiger partial charge in [0.1, 0.15) is 11.4 Å². The lowest BCUT2D eigenvalue weighted by atomic mass is 9.89. The molecule has 1 amide bonds. The summed E-state index contributed by atoms with van der Waals surface area (Å²) in [5.41, 5.74) is 10.9. The molecule has 0 saturated carbocycles. The minimum Gasteiger partial charge on any atom is -0.383 e. The normalized spacial score (nSPS) is 16.4. The van der Waals surface area contributed by atoms with Crippen LogP contribution in [0.4, 0.5) is 5.82 Å². The highest BCUT2D eigenvalue weighted by Crippen LogP contribution is 2.35. The van der Waals surface area contributed by atoms with Gasteiger partial charge in [0, 0.05) is 13.6 Å². The van der Waals surface area contributed by atoms with Crippen molar-refractivity contribution in [3.8, 4) is 0 Å². The van der Waals surface area contributed by atoms with Crippen LogP contribution in [0.2, 0.25) is 0 Å². The Hall–Kier alpha value is -3.08. The van der Waals surface area contributed by atoms with Crippen LogP contribution in [0.5, 0.6) is 0 Å². The van der Waals surface area contributed by atoms with Crippen LogP contribution in [0.3, 0.4) is 0 Å². The number of aryl methyl sites for hydroxylation is 2. The number of hydrogen-bond donors (Lipinski definition) is 1. The van der Waals surface area contributed by atoms with Gasteiger partial charge in [-0.2, -0.15) is 5.10 Å². The third kappa shape index (κ3) is 2.65. The van der Waals surface area contributed by atoms with Gasteiger partial charge in [-0.15, -0.1) is 0 Å². The number of carbonyl (C=O) groups excluding carboxylic acids is 1. The van der Waals surface area contributed by atoms with E-state index >= 15 is 0 Å². The molecule has 1 aliphatic heterocycles. The monoisotopic (exact) mass is 346 g/mol. The number of nitrogens with two attached hydrogens (primary N) is 1. The molecule has 1 unspecified atom stereocenters. The lowest BCUT2D eigenvalue weighted by molar-refractivity contribution is 0.0638. The Morgan fingerprint density at radius 2 is 1.73 bits per heavy atom. The quantitative estimate of drug-likeness (QED) is 0.775. The number of amides is 1. The first-order valence-corrected chi connectivity index (χ1v) is 8.78. The van der Waals surface area contributed by atoms with Gasteiger partial charge in [0.2, 0.25) is 0 Å². The standard InChI is InChI=1S/C21H22N4O/c1-14-19(20(22)24(2)23-14)21(26)25-13-17-11-7-6-10-16(17)12-18(25)15-8-4-3-5-9-15/h3-11,18H,12-13,22H2,1-2H3. The van der Waals surface area contributed by atoms with Gasteiger partial charge in [0.25, 0.3) is 5.91 Å². The van der Waals surface area contributed by atoms with Crippen molar-refractivity contribution in [2.75, 3.05) is 5.73 Å². The molecule has 5 nitrogen and oxygen atoms in total. The average molecular weight is 346 g/mol. The Kier molecular flexibility index (Phi) is 3.99. The van der Waals surface area contributed by atoms with E-state index in [1.54, 1.807) is 11.7 Å². The van der Waals surface area contributed by atoms with E-state index < -0.39 is 0 Å². The average Bonchev–Trinajstić information content (AvgIpc) is 2.92. The van der Waals surface area contributed by atoms with E-state index in [2.05, 4.69) is 35.4 Å². The molecule has 5 heteroatoms. The van der Waals surface area contributed by atoms with Gasteiger partial charge < -0.3 is 10.6 Å². The summed E-state index contributed by atoms with van der Waals surface area (Å²) in [6.45, 7) is 2.40. The van der Waals surface area contributed by atoms with Crippen LogP contribution < -0.4 is 5.73 Å². The molecule has 1 atom stereocenters. The van der Waals surface area contributed by atoms with E-state index in [-0.39, 0.29) is 11.9 Å². The topological polar surface area (TPSA) is 64.2 Å². The van der Waals surface area contributed by atoms with Crippen LogP contribution in [-0.4, -0.2) is 20.6 Å². The zero-order chi connectivity index (χ0) is 18.3. The molecule has 1 aromatic heterocycles. The summed E-state index contributed by atoms with van der Waals surface area (Å²) in [4.78, 5) is 15.4. The second-order valence-electron chi connectivity index (χ2n) is 6.80. The number of benzene rings is 2. The first-order valence-electron chi connectivity index (χ1n) is 8.78. The lowest BCUT2D eigenvalue weighted by Gasteiger charge is -2.37. The predicted octanol–water partition coefficient (Wildman–Crippen LogP) is 3.25. The molecule has 2 heterocycles. The van der Waals surface area contributed by atoms with E-state index in [1.807, 2.05) is 36.1 Å². The fourth-order valence-electron chi connectivity index (χ4n) is 3.79. The molecule has 0 saturated heterocycles. The first-order chi connectivity index (χ1) is 12.6. The molecule has 132 valence electrons. The lowest BCUT2D eigenvalue weighted by Crippen LogP contribution is -2.39. The highest BCUT2D eigenvalue weighted by molar-refractivity contribution is 6.00. The zero-order valence-corrected chi connectivity index (χ0v) is 15.0. The third-order valence-electron chi connectivity index (χ3n) is 5.17. The predicted molar refractivity (Wildman–Crippen MR) is 102 cm³/mol. The summed E-state index contributed by atoms with van der Waals surface area (Å²) in [7, 11) is 1.76. The van der Waals surface area contributed by atoms with Crippen molar-refractivity contribution >= 4 is 11.7 Å². The van der Waals surface area contributed by atoms with E-state index in [0.29, 0.717) is 23.6 Å². The molecule has 0 radical (unpaired) electrons. The largest absolute Gasteiger partial charge is 0.383 e. The highest BCUT2D eigenvalue weighted by Gasteiger charge is 2.33. The number of rotatable bonds is 2. The van der Waals surface area contributed by atoms with Crippen molar-refractivity contribution in [1.29, 1.82) is 0 Å². The Morgan fingerprint density at radius 1 is 1.08 bits per heavy atom. The zero-order valence-electron chi connectivity index (χ0n) is 15.0. The first kappa shape index (κ1) is 16.4. The van der Waals surface area contributed by atoms with Gasteiger partial charge in [-0.3, -0.25) is 9.48 Å². The van der Waals surface area contributed by atoms with Crippen LogP contribution in [0, 0.1) is 6.92 Å². The van der Waals surface area contributed by atoms with Crippen LogP contribution >= 0.6 is 0 Å². The molecule has 26 heavy (non-hydrogen) atoms. The maximum atomic E-state index is 13.4. The molecule has 0 bridgehead atoms. The number of nitrogen functional groups attached to an aromatic ring is 1. The van der Waals surface area contributed by atoms with Crippen molar-refractivity contribution in [3.05, 3.63) is 82.5 Å². The van der Waals surface area contributed by atoms with E-state index in [0.717, 1.165) is 12.0 Å². The van der Waals surface area contributed by atoms with E-state index in [9.17, 15) is 4.79 Å². The number of anilines is 1. The minimum atomic E-state index is -0.0588. The molecular weight excluding hydrogens is 324 g/mol. The van der Waals surface area contributed by atoms with Gasteiger partial charge in [0.05, 0.1) is 11.7 Å². The van der Waals surface area contributed by atoms with Crippen molar-refractivity contribution < 1.29 is 4.79 Å². The number of aromatic nitrogens is 2. The van der Waals surface area contributed by atoms with Gasteiger partial charge >= 0.3 is 0 Å². The number of nitrogens with zero attached hydrogens (tertiary/aromatic N) is 3. The fourth-order valence-corrected chi connectivity index (χ4v) is 3.79. The van der Waals surface area contributed by atoms with Crippen LogP contribution in [0.25, 0.3) is 0 Å². The summed E-state index contributed by atoms with van der Waals surface area (Å²) >= 11 is 0. The maximum absolute atomic E-state index is 13.4. The second kappa shape index (κ2) is 6.33. The fraction of sp³-hybridized carbons (Fsp3) is 0.238. The molecule has 0 fully saturated rings. The van der Waals surface area contributed by atoms with Crippen LogP contribution in [-0.2, 0) is 20.0 Å². The Bertz CT molecular complexity index is 961. The van der Waals surface area contributed by atoms with E-state index in [1.165, 1.54) is 11.1 Å². The highest BCUT2D eigenvalue weighted by atomic mass is 16.2. The third-order valence-corrected chi connectivity index (χ3v) is 5.17. The molecule has 2 aromatic carbocycles. The number of carbonyl (C=O) groups is 1. The summed E-state index contributed by atoms with van der Waals surface area (Å²) < 4.78 is 1.57. The van der Waals surface area contributed by atoms with Crippen LogP contribution in [0.15, 0.2) is 54.6 Å². The van der Waals surface area contributed by atoms with Crippen molar-refractivity contribution in [1.82, 2.24) is 14.7 Å². The summed E-state index contributed by atoms with van der Waals surface area (Å²) in [6, 6.07) is 18.5. The second-order valence-corrected chi connectivity index (χ2v) is 6.80. The summed E-state index contributed by atoms with van der Waals surface area (Å²) in [6.07, 6.45) is 0.797. The molecule has 1 aliphatic rings. The van der Waals surface area contributed by atoms with Crippen molar-refractivity contribution in [3.63, 3.8) is 0 Å². The molecule has 4 rings (SSSR count). The van der Waals surface area contributed by atoms with E-state index in [4.69, 9.17) is 5.73 Å². The van der Waals surface area contributed by atoms with Crippen molar-refractivity contribution in [2.24, 2.45) is 7.05 Å². The smallest absolute Gasteiger partial charge is 0.260 e. The molecule has 3 aromatic rings. The Morgan fingerprint density at radius 3 is 2.38 bits per heavy atom. The van der Waals surface area contributed by atoms with Crippen LogP contribution in [0.1, 0.15) is 38.8 Å². The van der Waals surface area contributed by atoms with Gasteiger partial charge in [0.15, 0.2) is 0 Å². The number of hydrogen-bond acceptors (Lipinski definition) is 3. The Labute approximate surface area is 153 Å². The summed E-state index contributed by atoms with van der Waals surface area (Å²) in [5.74, 6) is 0.356. The van der Waals surface area contributed by atoms with Crippen molar-refractivity contribution in [2.45, 2.75) is 25.9 Å². The SMILES string of the molecule is Cc1nn(C)c(N)c1C(=O)N1Cc2ccccc2CC1c1ccccc1. The van der Waals surface area contributed by atoms with Gasteiger partial charge in [-0.25, -0.2) is 0 Å². The number of fused-ring (bicyclic) bond motifs is 1.